The van der Waals surface area contributed by atoms with Gasteiger partial charge >= 0.3 is 0 Å². The maximum Gasteiger partial charge on any atom is 0.0393 e. The van der Waals surface area contributed by atoms with E-state index in [1.54, 1.807) is 0 Å². The first-order valence-electron chi connectivity index (χ1n) is 5.86. The Balaban J connectivity index is 2.61. The van der Waals surface area contributed by atoms with Crippen molar-refractivity contribution in [2.45, 2.75) is 46.6 Å². The van der Waals surface area contributed by atoms with E-state index >= 15 is 0 Å². The summed E-state index contributed by atoms with van der Waals surface area (Å²) in [5, 5.41) is 3.54. The van der Waals surface area contributed by atoms with Crippen molar-refractivity contribution in [3.63, 3.8) is 0 Å². The van der Waals surface area contributed by atoms with E-state index in [1.165, 1.54) is 18.5 Å². The van der Waals surface area contributed by atoms with Crippen LogP contribution in [0.5, 0.6) is 0 Å². The van der Waals surface area contributed by atoms with E-state index in [4.69, 9.17) is 0 Å². The van der Waals surface area contributed by atoms with Gasteiger partial charge in [0.05, 0.1) is 0 Å². The highest BCUT2D eigenvalue weighted by Crippen LogP contribution is 2.17. The van der Waals surface area contributed by atoms with Gasteiger partial charge in [0.15, 0.2) is 0 Å². The quantitative estimate of drug-likeness (QED) is 0.795. The molecule has 0 saturated heterocycles. The van der Waals surface area contributed by atoms with Crippen molar-refractivity contribution in [3.8, 4) is 0 Å². The van der Waals surface area contributed by atoms with Crippen molar-refractivity contribution >= 4 is 5.69 Å². The van der Waals surface area contributed by atoms with Crippen LogP contribution in [0.2, 0.25) is 0 Å². The minimum Gasteiger partial charge on any atom is -0.382 e. The molecule has 0 aliphatic carbocycles. The van der Waals surface area contributed by atoms with Crippen LogP contribution in [-0.2, 0) is 0 Å². The van der Waals surface area contributed by atoms with Crippen molar-refractivity contribution in [2.75, 3.05) is 5.32 Å². The minimum atomic E-state index is 0.529. The lowest BCUT2D eigenvalue weighted by molar-refractivity contribution is 0.438. The number of nitrogens with one attached hydrogen (secondary N) is 1. The zero-order valence-electron chi connectivity index (χ0n) is 10.2. The topological polar surface area (TPSA) is 24.9 Å². The van der Waals surface area contributed by atoms with Crippen LogP contribution >= 0.6 is 0 Å². The van der Waals surface area contributed by atoms with Crippen molar-refractivity contribution < 1.29 is 0 Å². The van der Waals surface area contributed by atoms with Gasteiger partial charge in [-0.1, -0.05) is 26.7 Å². The molecule has 0 spiro atoms. The Bertz CT molecular complexity index is 292. The lowest BCUT2D eigenvalue weighted by Gasteiger charge is -2.23. The zero-order valence-corrected chi connectivity index (χ0v) is 10.2. The van der Waals surface area contributed by atoms with E-state index < -0.39 is 0 Å². The summed E-state index contributed by atoms with van der Waals surface area (Å²) in [5.41, 5.74) is 2.25. The van der Waals surface area contributed by atoms with Gasteiger partial charge in [0, 0.05) is 23.6 Å². The highest BCUT2D eigenvalue weighted by molar-refractivity contribution is 5.43. The third-order valence-electron chi connectivity index (χ3n) is 3.05. The van der Waals surface area contributed by atoms with Gasteiger partial charge in [-0.3, -0.25) is 4.98 Å². The van der Waals surface area contributed by atoms with E-state index in [-0.39, 0.29) is 0 Å². The maximum atomic E-state index is 4.19. The predicted molar refractivity (Wildman–Crippen MR) is 66.1 cm³/mol. The number of hydrogen-bond donors (Lipinski definition) is 1. The summed E-state index contributed by atoms with van der Waals surface area (Å²) in [6.45, 7) is 8.79. The fourth-order valence-corrected chi connectivity index (χ4v) is 2.01. The van der Waals surface area contributed by atoms with Gasteiger partial charge in [-0.2, -0.15) is 0 Å². The van der Waals surface area contributed by atoms with Gasteiger partial charge in [0.2, 0.25) is 0 Å². The van der Waals surface area contributed by atoms with Crippen LogP contribution in [0, 0.1) is 12.8 Å². The lowest BCUT2D eigenvalue weighted by Crippen LogP contribution is -2.24. The number of pyridine rings is 1. The molecule has 1 aromatic heterocycles. The number of aryl methyl sites for hydroxylation is 1. The molecule has 0 aromatic carbocycles. The third-order valence-corrected chi connectivity index (χ3v) is 3.05. The smallest absolute Gasteiger partial charge is 0.0393 e. The normalized spacial score (nSPS) is 12.9. The van der Waals surface area contributed by atoms with Gasteiger partial charge in [-0.25, -0.2) is 0 Å². The molecule has 0 radical (unpaired) electrons. The Morgan fingerprint density at radius 2 is 2.00 bits per heavy atom. The van der Waals surface area contributed by atoms with Crippen molar-refractivity contribution in [1.82, 2.24) is 4.98 Å². The first-order chi connectivity index (χ1) is 7.17. The van der Waals surface area contributed by atoms with Crippen LogP contribution in [-0.4, -0.2) is 11.0 Å². The second kappa shape index (κ2) is 5.74. The molecular formula is C13H22N2. The fraction of sp³-hybridized carbons (Fsp3) is 0.615. The van der Waals surface area contributed by atoms with Gasteiger partial charge in [-0.05, 0) is 31.9 Å². The van der Waals surface area contributed by atoms with E-state index in [2.05, 4.69) is 37.1 Å². The Hall–Kier alpha value is -1.05. The lowest BCUT2D eigenvalue weighted by atomic mass is 9.95. The highest BCUT2D eigenvalue weighted by atomic mass is 14.9. The standard InChI is InChI=1S/C13H22N2/c1-5-12(6-2)11(4)15-13-7-8-14-10(3)9-13/h7-9,11-12H,5-6H2,1-4H3,(H,14,15). The molecule has 0 amide bonds. The molecule has 15 heavy (non-hydrogen) atoms. The van der Waals surface area contributed by atoms with Crippen LogP contribution in [0.15, 0.2) is 18.3 Å². The first-order valence-corrected chi connectivity index (χ1v) is 5.86. The molecule has 0 aliphatic rings. The van der Waals surface area contributed by atoms with E-state index in [0.29, 0.717) is 6.04 Å². The second-order valence-electron chi connectivity index (χ2n) is 4.20. The maximum absolute atomic E-state index is 4.19. The average molecular weight is 206 g/mol. The molecule has 2 nitrogen and oxygen atoms in total. The van der Waals surface area contributed by atoms with Crippen LogP contribution < -0.4 is 5.32 Å². The molecule has 84 valence electrons. The van der Waals surface area contributed by atoms with Gasteiger partial charge in [-0.15, -0.1) is 0 Å². The molecule has 1 atom stereocenters. The number of nitrogens with zero attached hydrogens (tertiary/aromatic N) is 1. The van der Waals surface area contributed by atoms with E-state index in [1.807, 2.05) is 19.2 Å². The summed E-state index contributed by atoms with van der Waals surface area (Å²) in [5.74, 6) is 0.749. The van der Waals surface area contributed by atoms with Crippen molar-refractivity contribution in [1.29, 1.82) is 0 Å². The molecular weight excluding hydrogens is 184 g/mol. The fourth-order valence-electron chi connectivity index (χ4n) is 2.01. The number of aromatic nitrogens is 1. The Morgan fingerprint density at radius 3 is 2.53 bits per heavy atom. The minimum absolute atomic E-state index is 0.529. The van der Waals surface area contributed by atoms with Gasteiger partial charge in [0.25, 0.3) is 0 Å². The summed E-state index contributed by atoms with van der Waals surface area (Å²) in [6, 6.07) is 4.66. The Labute approximate surface area is 93.1 Å². The van der Waals surface area contributed by atoms with Crippen LogP contribution in [0.3, 0.4) is 0 Å². The van der Waals surface area contributed by atoms with Gasteiger partial charge in [0.1, 0.15) is 0 Å². The summed E-state index contributed by atoms with van der Waals surface area (Å²) in [7, 11) is 0. The summed E-state index contributed by atoms with van der Waals surface area (Å²) < 4.78 is 0. The zero-order chi connectivity index (χ0) is 11.3. The van der Waals surface area contributed by atoms with Crippen LogP contribution in [0.4, 0.5) is 5.69 Å². The molecule has 0 bridgehead atoms. The molecule has 0 aliphatic heterocycles. The summed E-state index contributed by atoms with van der Waals surface area (Å²) in [6.07, 6.45) is 4.32. The Kier molecular flexibility index (Phi) is 4.60. The van der Waals surface area contributed by atoms with Crippen LogP contribution in [0.1, 0.15) is 39.3 Å². The number of hydrogen-bond acceptors (Lipinski definition) is 2. The van der Waals surface area contributed by atoms with Crippen LogP contribution in [0.25, 0.3) is 0 Å². The molecule has 0 fully saturated rings. The van der Waals surface area contributed by atoms with E-state index in [9.17, 15) is 0 Å². The number of rotatable bonds is 5. The molecule has 1 N–H and O–H groups in total. The first kappa shape index (κ1) is 12.0. The molecule has 1 heterocycles. The second-order valence-corrected chi connectivity index (χ2v) is 4.20. The highest BCUT2D eigenvalue weighted by Gasteiger charge is 2.12. The molecule has 2 heteroatoms. The van der Waals surface area contributed by atoms with Crippen molar-refractivity contribution in [3.05, 3.63) is 24.0 Å². The average Bonchev–Trinajstić information content (AvgIpc) is 2.19. The monoisotopic (exact) mass is 206 g/mol. The predicted octanol–water partition coefficient (Wildman–Crippen LogP) is 3.63. The largest absolute Gasteiger partial charge is 0.382 e. The summed E-state index contributed by atoms with van der Waals surface area (Å²) >= 11 is 0. The Morgan fingerprint density at radius 1 is 1.33 bits per heavy atom. The third kappa shape index (κ3) is 3.54. The molecule has 0 saturated carbocycles. The van der Waals surface area contributed by atoms with Crippen molar-refractivity contribution in [2.24, 2.45) is 5.92 Å². The molecule has 1 rings (SSSR count). The summed E-state index contributed by atoms with van der Waals surface area (Å²) in [4.78, 5) is 4.19. The van der Waals surface area contributed by atoms with Gasteiger partial charge < -0.3 is 5.32 Å². The van der Waals surface area contributed by atoms with E-state index in [0.717, 1.165) is 11.6 Å². The molecule has 1 unspecified atom stereocenters. The molecule has 1 aromatic rings. The SMILES string of the molecule is CCC(CC)C(C)Nc1ccnc(C)c1. The number of anilines is 1.